The Morgan fingerprint density at radius 1 is 1.73 bits per heavy atom. The molecule has 0 heterocycles. The van der Waals surface area contributed by atoms with Gasteiger partial charge >= 0.3 is 0 Å². The Bertz CT molecular complexity index is 203. The Balaban J connectivity index is 2.46. The van der Waals surface area contributed by atoms with Crippen LogP contribution in [0.3, 0.4) is 0 Å². The topological polar surface area (TPSA) is 44.1 Å². The molecule has 1 amide bonds. The first-order chi connectivity index (χ1) is 5.16. The van der Waals surface area contributed by atoms with Crippen LogP contribution in [0.4, 0.5) is 0 Å². The molecule has 0 bridgehead atoms. The minimum Gasteiger partial charge on any atom is -0.330 e. The van der Waals surface area contributed by atoms with E-state index in [1.165, 1.54) is 4.90 Å². The zero-order valence-corrected chi connectivity index (χ0v) is 6.87. The van der Waals surface area contributed by atoms with Gasteiger partial charge in [-0.3, -0.25) is 4.79 Å². The molecule has 0 spiro atoms. The number of nitriles is 1. The average molecular weight is 152 g/mol. The monoisotopic (exact) mass is 152 g/mol. The fourth-order valence-electron chi connectivity index (χ4n) is 0.896. The summed E-state index contributed by atoms with van der Waals surface area (Å²) in [7, 11) is 1.69. The SMILES string of the molecule is CC(C#N)N(C)C(=O)C1CC1. The van der Waals surface area contributed by atoms with Gasteiger partial charge in [-0.05, 0) is 19.8 Å². The lowest BCUT2D eigenvalue weighted by Gasteiger charge is -2.18. The van der Waals surface area contributed by atoms with E-state index in [1.807, 2.05) is 6.07 Å². The molecule has 1 unspecified atom stereocenters. The van der Waals surface area contributed by atoms with Crippen molar-refractivity contribution in [2.45, 2.75) is 25.8 Å². The minimum atomic E-state index is -0.289. The lowest BCUT2D eigenvalue weighted by Crippen LogP contribution is -2.35. The number of amides is 1. The summed E-state index contributed by atoms with van der Waals surface area (Å²) in [5.41, 5.74) is 0. The molecule has 1 atom stereocenters. The fraction of sp³-hybridized carbons (Fsp3) is 0.750. The predicted molar refractivity (Wildman–Crippen MR) is 40.6 cm³/mol. The van der Waals surface area contributed by atoms with Gasteiger partial charge < -0.3 is 4.90 Å². The molecule has 1 aliphatic rings. The first kappa shape index (κ1) is 8.06. The Hall–Kier alpha value is -1.04. The lowest BCUT2D eigenvalue weighted by molar-refractivity contribution is -0.132. The summed E-state index contributed by atoms with van der Waals surface area (Å²) in [4.78, 5) is 12.8. The molecular formula is C8H12N2O. The standard InChI is InChI=1S/C8H12N2O/c1-6(5-9)10(2)8(11)7-3-4-7/h6-7H,3-4H2,1-2H3. The number of carbonyl (C=O) groups is 1. The van der Waals surface area contributed by atoms with Crippen molar-refractivity contribution in [3.8, 4) is 6.07 Å². The number of nitrogens with zero attached hydrogens (tertiary/aromatic N) is 2. The molecular weight excluding hydrogens is 140 g/mol. The zero-order chi connectivity index (χ0) is 8.43. The van der Waals surface area contributed by atoms with Crippen molar-refractivity contribution < 1.29 is 4.79 Å². The highest BCUT2D eigenvalue weighted by Crippen LogP contribution is 2.30. The average Bonchev–Trinajstić information content (AvgIpc) is 2.82. The van der Waals surface area contributed by atoms with E-state index in [4.69, 9.17) is 5.26 Å². The van der Waals surface area contributed by atoms with E-state index in [0.29, 0.717) is 0 Å². The van der Waals surface area contributed by atoms with Crippen LogP contribution >= 0.6 is 0 Å². The van der Waals surface area contributed by atoms with Crippen molar-refractivity contribution >= 4 is 5.91 Å². The van der Waals surface area contributed by atoms with E-state index in [9.17, 15) is 4.79 Å². The van der Waals surface area contributed by atoms with E-state index < -0.39 is 0 Å². The number of hydrogen-bond acceptors (Lipinski definition) is 2. The minimum absolute atomic E-state index is 0.124. The summed E-state index contributed by atoms with van der Waals surface area (Å²) >= 11 is 0. The third kappa shape index (κ3) is 1.70. The molecule has 1 saturated carbocycles. The molecule has 0 radical (unpaired) electrons. The van der Waals surface area contributed by atoms with Gasteiger partial charge in [-0.25, -0.2) is 0 Å². The third-order valence-corrected chi connectivity index (χ3v) is 2.04. The number of rotatable bonds is 2. The van der Waals surface area contributed by atoms with Gasteiger partial charge in [0, 0.05) is 13.0 Å². The van der Waals surface area contributed by atoms with Crippen LogP contribution in [0.25, 0.3) is 0 Å². The fourth-order valence-corrected chi connectivity index (χ4v) is 0.896. The number of hydrogen-bond donors (Lipinski definition) is 0. The summed E-state index contributed by atoms with van der Waals surface area (Å²) in [6, 6.07) is 1.74. The van der Waals surface area contributed by atoms with Crippen LogP contribution in [-0.2, 0) is 4.79 Å². The van der Waals surface area contributed by atoms with E-state index in [2.05, 4.69) is 0 Å². The summed E-state index contributed by atoms with van der Waals surface area (Å²) in [6.45, 7) is 1.74. The largest absolute Gasteiger partial charge is 0.330 e. The molecule has 3 heteroatoms. The maximum atomic E-state index is 11.3. The zero-order valence-electron chi connectivity index (χ0n) is 6.87. The quantitative estimate of drug-likeness (QED) is 0.586. The van der Waals surface area contributed by atoms with Gasteiger partial charge in [0.15, 0.2) is 0 Å². The summed E-state index contributed by atoms with van der Waals surface area (Å²) in [6.07, 6.45) is 2.00. The lowest BCUT2D eigenvalue weighted by atomic mass is 10.3. The highest BCUT2D eigenvalue weighted by molar-refractivity contribution is 5.81. The van der Waals surface area contributed by atoms with Crippen molar-refractivity contribution in [3.63, 3.8) is 0 Å². The second-order valence-corrected chi connectivity index (χ2v) is 3.03. The Morgan fingerprint density at radius 3 is 2.64 bits per heavy atom. The van der Waals surface area contributed by atoms with Crippen LogP contribution in [0.5, 0.6) is 0 Å². The number of carbonyl (C=O) groups excluding carboxylic acids is 1. The summed E-state index contributed by atoms with van der Waals surface area (Å²) in [5.74, 6) is 0.342. The van der Waals surface area contributed by atoms with Crippen molar-refractivity contribution in [2.75, 3.05) is 7.05 Å². The van der Waals surface area contributed by atoms with Crippen LogP contribution < -0.4 is 0 Å². The molecule has 1 fully saturated rings. The second-order valence-electron chi connectivity index (χ2n) is 3.03. The maximum Gasteiger partial charge on any atom is 0.226 e. The highest BCUT2D eigenvalue weighted by atomic mass is 16.2. The van der Waals surface area contributed by atoms with Crippen molar-refractivity contribution in [2.24, 2.45) is 5.92 Å². The van der Waals surface area contributed by atoms with Gasteiger partial charge in [0.2, 0.25) is 5.91 Å². The molecule has 0 aromatic rings. The van der Waals surface area contributed by atoms with Crippen LogP contribution in [-0.4, -0.2) is 23.9 Å². The van der Waals surface area contributed by atoms with Crippen LogP contribution in [0.1, 0.15) is 19.8 Å². The molecule has 0 N–H and O–H groups in total. The van der Waals surface area contributed by atoms with Crippen LogP contribution in [0.15, 0.2) is 0 Å². The molecule has 11 heavy (non-hydrogen) atoms. The molecule has 0 saturated heterocycles. The van der Waals surface area contributed by atoms with Gasteiger partial charge in [-0.15, -0.1) is 0 Å². The van der Waals surface area contributed by atoms with E-state index in [1.54, 1.807) is 14.0 Å². The first-order valence-electron chi connectivity index (χ1n) is 3.83. The molecule has 0 aliphatic heterocycles. The second kappa shape index (κ2) is 2.91. The van der Waals surface area contributed by atoms with Crippen molar-refractivity contribution in [3.05, 3.63) is 0 Å². The molecule has 3 nitrogen and oxygen atoms in total. The molecule has 0 aromatic carbocycles. The summed E-state index contributed by atoms with van der Waals surface area (Å²) < 4.78 is 0. The molecule has 60 valence electrons. The maximum absolute atomic E-state index is 11.3. The van der Waals surface area contributed by atoms with E-state index in [-0.39, 0.29) is 17.9 Å². The van der Waals surface area contributed by atoms with Gasteiger partial charge in [0.1, 0.15) is 6.04 Å². The Labute approximate surface area is 66.6 Å². The highest BCUT2D eigenvalue weighted by Gasteiger charge is 2.33. The predicted octanol–water partition coefficient (Wildman–Crippen LogP) is 0.767. The Kier molecular flexibility index (Phi) is 2.13. The molecule has 0 aromatic heterocycles. The van der Waals surface area contributed by atoms with Gasteiger partial charge in [0.25, 0.3) is 0 Å². The van der Waals surface area contributed by atoms with Gasteiger partial charge in [-0.2, -0.15) is 5.26 Å². The first-order valence-corrected chi connectivity index (χ1v) is 3.83. The molecule has 1 aliphatic carbocycles. The normalized spacial score (nSPS) is 18.6. The van der Waals surface area contributed by atoms with Crippen molar-refractivity contribution in [1.82, 2.24) is 4.90 Å². The summed E-state index contributed by atoms with van der Waals surface area (Å²) in [5, 5.41) is 8.51. The Morgan fingerprint density at radius 2 is 2.27 bits per heavy atom. The smallest absolute Gasteiger partial charge is 0.226 e. The molecule has 1 rings (SSSR count). The third-order valence-electron chi connectivity index (χ3n) is 2.04. The van der Waals surface area contributed by atoms with Crippen LogP contribution in [0, 0.1) is 17.2 Å². The van der Waals surface area contributed by atoms with Crippen LogP contribution in [0.2, 0.25) is 0 Å². The van der Waals surface area contributed by atoms with Crippen molar-refractivity contribution in [1.29, 1.82) is 5.26 Å². The van der Waals surface area contributed by atoms with Gasteiger partial charge in [-0.1, -0.05) is 0 Å². The van der Waals surface area contributed by atoms with Gasteiger partial charge in [0.05, 0.1) is 6.07 Å². The van der Waals surface area contributed by atoms with E-state index in [0.717, 1.165) is 12.8 Å². The van der Waals surface area contributed by atoms with E-state index >= 15 is 0 Å².